The van der Waals surface area contributed by atoms with Crippen LogP contribution in [0.2, 0.25) is 9.44 Å². The van der Waals surface area contributed by atoms with Gasteiger partial charge < -0.3 is 0 Å². The van der Waals surface area contributed by atoms with Gasteiger partial charge in [-0.1, -0.05) is 0 Å². The normalized spacial score (nSPS) is 38.1. The van der Waals surface area contributed by atoms with Crippen LogP contribution in [0, 0.1) is 16.7 Å². The van der Waals surface area contributed by atoms with Crippen LogP contribution in [0.3, 0.4) is 0 Å². The number of aliphatic hydroxyl groups is 1. The van der Waals surface area contributed by atoms with Crippen molar-refractivity contribution in [3.63, 3.8) is 0 Å². The summed E-state index contributed by atoms with van der Waals surface area (Å²) in [6.45, 7) is 4.75. The molecular formula is C18H27ClOTe. The first-order valence-electron chi connectivity index (χ1n) is 7.92. The predicted octanol–water partition coefficient (Wildman–Crippen LogP) is 4.77. The van der Waals surface area contributed by atoms with Crippen molar-refractivity contribution in [3.05, 3.63) is 35.9 Å². The van der Waals surface area contributed by atoms with Gasteiger partial charge in [0.2, 0.25) is 0 Å². The van der Waals surface area contributed by atoms with Gasteiger partial charge in [0.15, 0.2) is 0 Å². The Hall–Kier alpha value is 0.260. The monoisotopic (exact) mass is 424 g/mol. The molecule has 1 nitrogen and oxygen atoms in total. The first-order chi connectivity index (χ1) is 9.77. The van der Waals surface area contributed by atoms with Crippen LogP contribution in [0.4, 0.5) is 0 Å². The fourth-order valence-corrected chi connectivity index (χ4v) is 15.0. The van der Waals surface area contributed by atoms with Crippen LogP contribution in [0.1, 0.15) is 38.7 Å². The molecule has 0 radical (unpaired) electrons. The molecule has 21 heavy (non-hydrogen) atoms. The standard InChI is InChI=1S/C18H27ClOTe/c1-17(2)15-9-10-18(17,16(20)11-15)13-21(3,19)12-14-7-5-4-6-8-14/h4-8,15-16,20H,9-13H2,1-3H3. The zero-order chi connectivity index (χ0) is 15.3. The van der Waals surface area contributed by atoms with Gasteiger partial charge >= 0.3 is 137 Å². The molecular weight excluding hydrogens is 395 g/mol. The van der Waals surface area contributed by atoms with Gasteiger partial charge in [-0.3, -0.25) is 0 Å². The fourth-order valence-electron chi connectivity index (χ4n) is 4.89. The molecule has 2 fully saturated rings. The summed E-state index contributed by atoms with van der Waals surface area (Å²) in [7, 11) is 7.11. The van der Waals surface area contributed by atoms with Crippen molar-refractivity contribution in [2.45, 2.75) is 53.1 Å². The first kappa shape index (κ1) is 16.1. The molecule has 2 saturated carbocycles. The fraction of sp³-hybridized carbons (Fsp3) is 0.667. The van der Waals surface area contributed by atoms with Gasteiger partial charge in [0.05, 0.1) is 0 Å². The first-order valence-corrected chi connectivity index (χ1v) is 16.5. The topological polar surface area (TPSA) is 20.2 Å². The molecule has 0 heterocycles. The van der Waals surface area contributed by atoms with E-state index in [1.54, 1.807) is 0 Å². The van der Waals surface area contributed by atoms with Gasteiger partial charge in [-0.05, 0) is 0 Å². The second-order valence-electron chi connectivity index (χ2n) is 7.79. The molecule has 0 aliphatic heterocycles. The summed E-state index contributed by atoms with van der Waals surface area (Å²) < 4.78 is 2.15. The van der Waals surface area contributed by atoms with Crippen LogP contribution in [-0.4, -0.2) is 28.3 Å². The Kier molecular flexibility index (Phi) is 4.16. The van der Waals surface area contributed by atoms with Gasteiger partial charge in [-0.15, -0.1) is 0 Å². The number of fused-ring (bicyclic) bond motifs is 2. The van der Waals surface area contributed by atoms with Gasteiger partial charge in [0, 0.05) is 0 Å². The van der Waals surface area contributed by atoms with E-state index < -0.39 is 17.1 Å². The summed E-state index contributed by atoms with van der Waals surface area (Å²) in [4.78, 5) is 2.33. The van der Waals surface area contributed by atoms with Crippen molar-refractivity contribution in [1.29, 1.82) is 0 Å². The summed E-state index contributed by atoms with van der Waals surface area (Å²) in [5.41, 5.74) is 1.71. The number of benzene rings is 1. The SMILES string of the molecule is CC1(C)C2CCC1(C[Te](C)(Cl)Cc1ccccc1)C(O)C2. The zero-order valence-corrected chi connectivity index (χ0v) is 16.4. The van der Waals surface area contributed by atoms with E-state index in [2.05, 4.69) is 49.2 Å². The van der Waals surface area contributed by atoms with E-state index in [-0.39, 0.29) is 16.9 Å². The van der Waals surface area contributed by atoms with Crippen molar-refractivity contribution in [1.82, 2.24) is 0 Å². The molecule has 2 aliphatic rings. The molecule has 3 rings (SSSR count). The number of rotatable bonds is 4. The third-order valence-electron chi connectivity index (χ3n) is 6.26. The van der Waals surface area contributed by atoms with Crippen molar-refractivity contribution in [2.24, 2.45) is 16.7 Å². The van der Waals surface area contributed by atoms with Crippen molar-refractivity contribution >= 4 is 26.0 Å². The van der Waals surface area contributed by atoms with E-state index in [1.807, 2.05) is 0 Å². The van der Waals surface area contributed by atoms with E-state index in [0.717, 1.165) is 15.4 Å². The molecule has 1 N–H and O–H groups in total. The second-order valence-corrected chi connectivity index (χ2v) is 21.0. The number of hydrogen-bond donors (Lipinski definition) is 1. The summed E-state index contributed by atoms with van der Waals surface area (Å²) in [6, 6.07) is 10.6. The van der Waals surface area contributed by atoms with Crippen LogP contribution < -0.4 is 0 Å². The van der Waals surface area contributed by atoms with Crippen molar-refractivity contribution in [2.75, 3.05) is 0 Å². The Balaban J connectivity index is 1.81. The maximum atomic E-state index is 10.7. The molecule has 1 aromatic rings. The summed E-state index contributed by atoms with van der Waals surface area (Å²) in [5.74, 6) is 0.694. The number of aliphatic hydroxyl groups excluding tert-OH is 1. The number of hydrogen-bond acceptors (Lipinski definition) is 1. The molecule has 0 amide bonds. The average molecular weight is 422 g/mol. The van der Waals surface area contributed by atoms with Crippen LogP contribution in [-0.2, 0) is 4.47 Å². The molecule has 118 valence electrons. The van der Waals surface area contributed by atoms with Crippen LogP contribution in [0.15, 0.2) is 30.3 Å². The van der Waals surface area contributed by atoms with Crippen LogP contribution in [0.25, 0.3) is 0 Å². The van der Waals surface area contributed by atoms with E-state index >= 15 is 0 Å². The van der Waals surface area contributed by atoms with E-state index in [4.69, 9.17) is 8.96 Å². The van der Waals surface area contributed by atoms with Gasteiger partial charge in [-0.25, -0.2) is 0 Å². The molecule has 3 heteroatoms. The molecule has 2 aliphatic carbocycles. The summed E-state index contributed by atoms with van der Waals surface area (Å²) in [5, 5.41) is 10.7. The van der Waals surface area contributed by atoms with Crippen LogP contribution >= 0.6 is 8.96 Å². The minimum absolute atomic E-state index is 0.0874. The molecule has 2 bridgehead atoms. The summed E-state index contributed by atoms with van der Waals surface area (Å²) >= 11 is -2.48. The molecule has 0 spiro atoms. The molecule has 4 atom stereocenters. The van der Waals surface area contributed by atoms with Gasteiger partial charge in [0.25, 0.3) is 0 Å². The Morgan fingerprint density at radius 3 is 2.48 bits per heavy atom. The maximum absolute atomic E-state index is 10.7. The quantitative estimate of drug-likeness (QED) is 0.693. The Morgan fingerprint density at radius 2 is 1.95 bits per heavy atom. The zero-order valence-electron chi connectivity index (χ0n) is 13.3. The van der Waals surface area contributed by atoms with Crippen molar-refractivity contribution < 1.29 is 5.11 Å². The Morgan fingerprint density at radius 1 is 1.29 bits per heavy atom. The molecule has 0 saturated heterocycles. The van der Waals surface area contributed by atoms with Crippen molar-refractivity contribution in [3.8, 4) is 0 Å². The van der Waals surface area contributed by atoms with E-state index in [9.17, 15) is 5.11 Å². The number of halogens is 1. The van der Waals surface area contributed by atoms with Gasteiger partial charge in [0.1, 0.15) is 0 Å². The Labute approximate surface area is 136 Å². The third kappa shape index (κ3) is 2.67. The molecule has 0 aromatic heterocycles. The second kappa shape index (κ2) is 5.41. The predicted molar refractivity (Wildman–Crippen MR) is 92.0 cm³/mol. The average Bonchev–Trinajstić information content (AvgIpc) is 2.72. The van der Waals surface area contributed by atoms with Crippen LogP contribution in [0.5, 0.6) is 0 Å². The third-order valence-corrected chi connectivity index (χ3v) is 13.6. The van der Waals surface area contributed by atoms with E-state index in [0.29, 0.717) is 5.92 Å². The molecule has 1 aromatic carbocycles. The Bertz CT molecular complexity index is 513. The minimum atomic E-state index is -2.48. The van der Waals surface area contributed by atoms with Gasteiger partial charge in [-0.2, -0.15) is 0 Å². The van der Waals surface area contributed by atoms with E-state index in [1.165, 1.54) is 18.4 Å². The molecule has 4 unspecified atom stereocenters. The summed E-state index contributed by atoms with van der Waals surface area (Å²) in [6.07, 6.45) is 3.32.